The molecule has 0 saturated heterocycles. The molecule has 0 aliphatic carbocycles. The summed E-state index contributed by atoms with van der Waals surface area (Å²) in [6, 6.07) is 11.6. The summed E-state index contributed by atoms with van der Waals surface area (Å²) in [4.78, 5) is 27.7. The number of carbonyl (C=O) groups is 2. The van der Waals surface area contributed by atoms with Gasteiger partial charge in [-0.05, 0) is 24.6 Å². The number of hydrogen-bond acceptors (Lipinski definition) is 4. The lowest BCUT2D eigenvalue weighted by atomic mass is 9.92. The highest BCUT2D eigenvalue weighted by atomic mass is 16.4. The second-order valence-electron chi connectivity index (χ2n) is 4.69. The SMILES string of the molecule is CC(NC(=O)c1ncccc1N)(C(=O)O)c1ccccc1. The lowest BCUT2D eigenvalue weighted by Crippen LogP contribution is -2.49. The molecule has 0 bridgehead atoms. The van der Waals surface area contributed by atoms with E-state index in [0.29, 0.717) is 5.56 Å². The van der Waals surface area contributed by atoms with Crippen LogP contribution in [0.2, 0.25) is 0 Å². The molecular formula is C15H15N3O3. The topological polar surface area (TPSA) is 105 Å². The lowest BCUT2D eigenvalue weighted by Gasteiger charge is -2.26. The van der Waals surface area contributed by atoms with Gasteiger partial charge in [-0.3, -0.25) is 4.79 Å². The van der Waals surface area contributed by atoms with Gasteiger partial charge >= 0.3 is 5.97 Å². The molecule has 0 fully saturated rings. The van der Waals surface area contributed by atoms with Gasteiger partial charge in [0.2, 0.25) is 0 Å². The summed E-state index contributed by atoms with van der Waals surface area (Å²) < 4.78 is 0. The second-order valence-corrected chi connectivity index (χ2v) is 4.69. The van der Waals surface area contributed by atoms with Crippen molar-refractivity contribution in [1.29, 1.82) is 0 Å². The Morgan fingerprint density at radius 1 is 1.19 bits per heavy atom. The molecule has 1 unspecified atom stereocenters. The van der Waals surface area contributed by atoms with Gasteiger partial charge in [0.15, 0.2) is 11.2 Å². The Morgan fingerprint density at radius 3 is 2.43 bits per heavy atom. The third-order valence-electron chi connectivity index (χ3n) is 3.20. The van der Waals surface area contributed by atoms with Crippen molar-refractivity contribution in [3.05, 3.63) is 59.9 Å². The first-order valence-electron chi connectivity index (χ1n) is 6.27. The third kappa shape index (κ3) is 2.84. The van der Waals surface area contributed by atoms with E-state index in [1.807, 2.05) is 0 Å². The van der Waals surface area contributed by atoms with Crippen molar-refractivity contribution in [2.24, 2.45) is 0 Å². The van der Waals surface area contributed by atoms with Gasteiger partial charge in [0.05, 0.1) is 5.69 Å². The van der Waals surface area contributed by atoms with Crippen LogP contribution < -0.4 is 11.1 Å². The van der Waals surface area contributed by atoms with E-state index in [-0.39, 0.29) is 11.4 Å². The number of anilines is 1. The van der Waals surface area contributed by atoms with Gasteiger partial charge in [-0.25, -0.2) is 9.78 Å². The maximum absolute atomic E-state index is 12.2. The predicted octanol–water partition coefficient (Wildman–Crippen LogP) is 1.39. The Bertz CT molecular complexity index is 673. The van der Waals surface area contributed by atoms with E-state index >= 15 is 0 Å². The number of nitrogens with one attached hydrogen (secondary N) is 1. The van der Waals surface area contributed by atoms with E-state index in [2.05, 4.69) is 10.3 Å². The van der Waals surface area contributed by atoms with Crippen LogP contribution in [0.5, 0.6) is 0 Å². The van der Waals surface area contributed by atoms with Crippen LogP contribution in [0.3, 0.4) is 0 Å². The van der Waals surface area contributed by atoms with Crippen molar-refractivity contribution >= 4 is 17.6 Å². The average molecular weight is 285 g/mol. The zero-order valence-corrected chi connectivity index (χ0v) is 11.4. The van der Waals surface area contributed by atoms with Crippen LogP contribution in [0.25, 0.3) is 0 Å². The van der Waals surface area contributed by atoms with Crippen LogP contribution >= 0.6 is 0 Å². The highest BCUT2D eigenvalue weighted by Crippen LogP contribution is 2.22. The molecule has 1 amide bonds. The van der Waals surface area contributed by atoms with E-state index < -0.39 is 17.4 Å². The molecule has 1 aromatic carbocycles. The van der Waals surface area contributed by atoms with Gasteiger partial charge in [0.1, 0.15) is 0 Å². The van der Waals surface area contributed by atoms with Crippen LogP contribution in [-0.2, 0) is 10.3 Å². The zero-order chi connectivity index (χ0) is 15.5. The number of carboxylic acid groups (broad SMARTS) is 1. The second kappa shape index (κ2) is 5.62. The predicted molar refractivity (Wildman–Crippen MR) is 77.5 cm³/mol. The van der Waals surface area contributed by atoms with Gasteiger partial charge < -0.3 is 16.2 Å². The summed E-state index contributed by atoms with van der Waals surface area (Å²) >= 11 is 0. The van der Waals surface area contributed by atoms with Gasteiger partial charge in [0, 0.05) is 6.20 Å². The maximum atomic E-state index is 12.2. The molecular weight excluding hydrogens is 270 g/mol. The molecule has 2 rings (SSSR count). The summed E-state index contributed by atoms with van der Waals surface area (Å²) in [5, 5.41) is 12.0. The number of carbonyl (C=O) groups excluding carboxylic acids is 1. The molecule has 0 radical (unpaired) electrons. The minimum Gasteiger partial charge on any atom is -0.479 e. The number of benzene rings is 1. The summed E-state index contributed by atoms with van der Waals surface area (Å²) in [5.41, 5.74) is 4.77. The molecule has 4 N–H and O–H groups in total. The van der Waals surface area contributed by atoms with Crippen LogP contribution in [0.15, 0.2) is 48.7 Å². The van der Waals surface area contributed by atoms with Crippen LogP contribution in [-0.4, -0.2) is 22.0 Å². The highest BCUT2D eigenvalue weighted by Gasteiger charge is 2.37. The summed E-state index contributed by atoms with van der Waals surface area (Å²) in [5.74, 6) is -1.81. The number of pyridine rings is 1. The fourth-order valence-corrected chi connectivity index (χ4v) is 1.91. The van der Waals surface area contributed by atoms with E-state index in [1.165, 1.54) is 19.2 Å². The van der Waals surface area contributed by atoms with Crippen molar-refractivity contribution in [2.45, 2.75) is 12.5 Å². The first-order chi connectivity index (χ1) is 9.95. The number of nitrogens with zero attached hydrogens (tertiary/aromatic N) is 1. The fraction of sp³-hybridized carbons (Fsp3) is 0.133. The average Bonchev–Trinajstić information content (AvgIpc) is 2.48. The van der Waals surface area contributed by atoms with Crippen LogP contribution in [0.4, 0.5) is 5.69 Å². The molecule has 2 aromatic rings. The van der Waals surface area contributed by atoms with E-state index in [4.69, 9.17) is 5.73 Å². The Kier molecular flexibility index (Phi) is 3.89. The Hall–Kier alpha value is -2.89. The monoisotopic (exact) mass is 285 g/mol. The smallest absolute Gasteiger partial charge is 0.333 e. The van der Waals surface area contributed by atoms with Crippen molar-refractivity contribution in [3.8, 4) is 0 Å². The largest absolute Gasteiger partial charge is 0.479 e. The summed E-state index contributed by atoms with van der Waals surface area (Å²) in [6.07, 6.45) is 1.42. The highest BCUT2D eigenvalue weighted by molar-refractivity contribution is 6.00. The maximum Gasteiger partial charge on any atom is 0.333 e. The minimum absolute atomic E-state index is 0.000839. The van der Waals surface area contributed by atoms with Crippen molar-refractivity contribution < 1.29 is 14.7 Å². The van der Waals surface area contributed by atoms with Crippen molar-refractivity contribution in [1.82, 2.24) is 10.3 Å². The van der Waals surface area contributed by atoms with Crippen molar-refractivity contribution in [2.75, 3.05) is 5.73 Å². The number of aromatic nitrogens is 1. The Balaban J connectivity index is 2.36. The molecule has 21 heavy (non-hydrogen) atoms. The van der Waals surface area contributed by atoms with Crippen LogP contribution in [0.1, 0.15) is 23.0 Å². The first kappa shape index (κ1) is 14.5. The third-order valence-corrected chi connectivity index (χ3v) is 3.20. The molecule has 0 spiro atoms. The summed E-state index contributed by atoms with van der Waals surface area (Å²) in [7, 11) is 0. The number of carboxylic acids is 1. The molecule has 6 nitrogen and oxygen atoms in total. The van der Waals surface area contributed by atoms with Gasteiger partial charge in [-0.2, -0.15) is 0 Å². The number of nitrogen functional groups attached to an aromatic ring is 1. The van der Waals surface area contributed by atoms with Crippen LogP contribution in [0, 0.1) is 0 Å². The molecule has 1 atom stereocenters. The number of amides is 1. The van der Waals surface area contributed by atoms with E-state index in [0.717, 1.165) is 0 Å². The minimum atomic E-state index is -1.57. The molecule has 1 aromatic heterocycles. The van der Waals surface area contributed by atoms with E-state index in [9.17, 15) is 14.7 Å². The fourth-order valence-electron chi connectivity index (χ4n) is 1.91. The van der Waals surface area contributed by atoms with Gasteiger partial charge in [0.25, 0.3) is 5.91 Å². The number of nitrogens with two attached hydrogens (primary N) is 1. The quantitative estimate of drug-likeness (QED) is 0.787. The molecule has 0 aliphatic heterocycles. The lowest BCUT2D eigenvalue weighted by molar-refractivity contribution is -0.144. The standard InChI is InChI=1S/C15H15N3O3/c1-15(14(20)21,10-6-3-2-4-7-10)18-13(19)12-11(16)8-5-9-17-12/h2-9H,16H2,1H3,(H,18,19)(H,20,21). The Labute approximate surface area is 121 Å². The number of hydrogen-bond donors (Lipinski definition) is 3. The summed E-state index contributed by atoms with van der Waals surface area (Å²) in [6.45, 7) is 1.42. The number of aliphatic carboxylic acids is 1. The normalized spacial score (nSPS) is 13.2. The van der Waals surface area contributed by atoms with Gasteiger partial charge in [-0.15, -0.1) is 0 Å². The Morgan fingerprint density at radius 2 is 1.86 bits per heavy atom. The van der Waals surface area contributed by atoms with Gasteiger partial charge in [-0.1, -0.05) is 30.3 Å². The molecule has 0 saturated carbocycles. The van der Waals surface area contributed by atoms with Crippen molar-refractivity contribution in [3.63, 3.8) is 0 Å². The number of rotatable bonds is 4. The molecule has 108 valence electrons. The zero-order valence-electron chi connectivity index (χ0n) is 11.4. The van der Waals surface area contributed by atoms with E-state index in [1.54, 1.807) is 36.4 Å². The molecule has 6 heteroatoms. The molecule has 1 heterocycles. The first-order valence-corrected chi connectivity index (χ1v) is 6.27. The molecule has 0 aliphatic rings.